The van der Waals surface area contributed by atoms with Gasteiger partial charge in [-0.15, -0.1) is 0 Å². The number of amides is 1. The maximum absolute atomic E-state index is 12.1. The summed E-state index contributed by atoms with van der Waals surface area (Å²) in [5, 5.41) is 2.57. The van der Waals surface area contributed by atoms with Crippen molar-refractivity contribution in [2.75, 3.05) is 13.7 Å². The number of methoxy groups -OCH3 is 1. The van der Waals surface area contributed by atoms with Gasteiger partial charge in [0.05, 0.1) is 12.0 Å². The molecule has 0 radical (unpaired) electrons. The normalized spacial score (nSPS) is 17.7. The van der Waals surface area contributed by atoms with E-state index >= 15 is 0 Å². The molecule has 1 aromatic carbocycles. The van der Waals surface area contributed by atoms with Crippen molar-refractivity contribution in [1.29, 1.82) is 0 Å². The van der Waals surface area contributed by atoms with Gasteiger partial charge in [-0.3, -0.25) is 14.5 Å². The van der Waals surface area contributed by atoms with Gasteiger partial charge in [-0.05, 0) is 24.5 Å². The highest BCUT2D eigenvalue weighted by Crippen LogP contribution is 2.21. The van der Waals surface area contributed by atoms with Crippen LogP contribution in [0.5, 0.6) is 0 Å². The number of benzene rings is 1. The lowest BCUT2D eigenvalue weighted by Gasteiger charge is -2.17. The fourth-order valence-electron chi connectivity index (χ4n) is 2.47. The maximum Gasteiger partial charge on any atom is 0.328 e. The van der Waals surface area contributed by atoms with E-state index in [1.165, 1.54) is 13.2 Å². The number of ether oxygens (including phenoxy) is 1. The van der Waals surface area contributed by atoms with Crippen LogP contribution >= 0.6 is 0 Å². The van der Waals surface area contributed by atoms with Gasteiger partial charge < -0.3 is 10.1 Å². The largest absolute Gasteiger partial charge is 0.467 e. The van der Waals surface area contributed by atoms with Crippen LogP contribution in [0.3, 0.4) is 0 Å². The van der Waals surface area contributed by atoms with E-state index < -0.39 is 27.9 Å². The molecule has 2 N–H and O–H groups in total. The maximum atomic E-state index is 12.1. The topological polar surface area (TPSA) is 114 Å². The van der Waals surface area contributed by atoms with Gasteiger partial charge in [0.15, 0.2) is 0 Å². The smallest absolute Gasteiger partial charge is 0.328 e. The molecule has 1 heterocycles. The van der Waals surface area contributed by atoms with Crippen LogP contribution in [-0.2, 0) is 24.3 Å². The molecule has 9 heteroatoms. The van der Waals surface area contributed by atoms with E-state index in [2.05, 4.69) is 19.8 Å². The zero-order chi connectivity index (χ0) is 18.6. The number of esters is 1. The number of aliphatic imine (C=N–C) groups is 1. The zero-order valence-corrected chi connectivity index (χ0v) is 15.1. The molecule has 8 nitrogen and oxygen atoms in total. The number of nitrogens with zero attached hydrogens (tertiary/aromatic N) is 1. The van der Waals surface area contributed by atoms with Gasteiger partial charge in [-0.2, -0.15) is 0 Å². The molecule has 2 rings (SSSR count). The summed E-state index contributed by atoms with van der Waals surface area (Å²) in [5.74, 6) is -0.720. The molecule has 1 aliphatic rings. The highest BCUT2D eigenvalue weighted by Gasteiger charge is 2.30. The van der Waals surface area contributed by atoms with Gasteiger partial charge in [-0.25, -0.2) is 13.2 Å². The number of hydrogen-bond donors (Lipinski definition) is 2. The van der Waals surface area contributed by atoms with Gasteiger partial charge in [0.25, 0.3) is 10.0 Å². The van der Waals surface area contributed by atoms with Crippen LogP contribution in [0.2, 0.25) is 0 Å². The second kappa shape index (κ2) is 7.64. The van der Waals surface area contributed by atoms with E-state index in [1.807, 2.05) is 13.8 Å². The molecule has 0 fully saturated rings. The minimum absolute atomic E-state index is 0.115. The summed E-state index contributed by atoms with van der Waals surface area (Å²) in [6.07, 6.45) is 0.435. The Morgan fingerprint density at radius 1 is 1.28 bits per heavy atom. The Labute approximate surface area is 146 Å². The summed E-state index contributed by atoms with van der Waals surface area (Å²) in [6, 6.07) is 5.62. The second-order valence-electron chi connectivity index (χ2n) is 6.04. The molecular weight excluding hydrogens is 346 g/mol. The van der Waals surface area contributed by atoms with E-state index in [4.69, 9.17) is 0 Å². The van der Waals surface area contributed by atoms with Gasteiger partial charge in [-0.1, -0.05) is 26.0 Å². The lowest BCUT2D eigenvalue weighted by molar-refractivity contribution is -0.145. The molecular formula is C16H21N3O5S. The van der Waals surface area contributed by atoms with Crippen LogP contribution in [0.25, 0.3) is 0 Å². The number of rotatable bonds is 6. The first-order valence-corrected chi connectivity index (χ1v) is 9.26. The Bertz CT molecular complexity index is 802. The molecule has 1 aromatic rings. The average molecular weight is 367 g/mol. The number of fused-ring (bicyclic) bond motifs is 1. The number of amidine groups is 1. The predicted octanol–water partition coefficient (Wildman–Crippen LogP) is 0.429. The molecule has 0 saturated carbocycles. The molecule has 0 saturated heterocycles. The van der Waals surface area contributed by atoms with Crippen LogP contribution in [0.1, 0.15) is 25.8 Å². The first-order valence-electron chi connectivity index (χ1n) is 7.78. The predicted molar refractivity (Wildman–Crippen MR) is 91.6 cm³/mol. The third-order valence-electron chi connectivity index (χ3n) is 3.57. The Balaban J connectivity index is 2.09. The minimum Gasteiger partial charge on any atom is -0.467 e. The molecule has 1 atom stereocenters. The first kappa shape index (κ1) is 18.9. The van der Waals surface area contributed by atoms with E-state index in [1.54, 1.807) is 18.2 Å². The Hall–Kier alpha value is -2.42. The third-order valence-corrected chi connectivity index (χ3v) is 4.97. The summed E-state index contributed by atoms with van der Waals surface area (Å²) in [7, 11) is -2.39. The summed E-state index contributed by atoms with van der Waals surface area (Å²) < 4.78 is 31.0. The molecule has 0 aromatic heterocycles. The average Bonchev–Trinajstić information content (AvgIpc) is 2.82. The molecule has 1 aliphatic heterocycles. The Morgan fingerprint density at radius 3 is 2.60 bits per heavy atom. The number of carbonyl (C=O) groups excluding carboxylic acids is 2. The van der Waals surface area contributed by atoms with Gasteiger partial charge in [0.2, 0.25) is 5.91 Å². The zero-order valence-electron chi connectivity index (χ0n) is 14.3. The summed E-state index contributed by atoms with van der Waals surface area (Å²) in [6.45, 7) is 3.54. The van der Waals surface area contributed by atoms with Crippen molar-refractivity contribution < 1.29 is 22.7 Å². The third kappa shape index (κ3) is 4.56. The summed E-state index contributed by atoms with van der Waals surface area (Å²) in [4.78, 5) is 28.0. The molecule has 1 amide bonds. The highest BCUT2D eigenvalue weighted by atomic mass is 32.2. The number of nitrogens with one attached hydrogen (secondary N) is 2. The number of carbonyl (C=O) groups is 2. The van der Waals surface area contributed by atoms with Crippen molar-refractivity contribution in [2.45, 2.75) is 31.2 Å². The highest BCUT2D eigenvalue weighted by molar-refractivity contribution is 7.90. The summed E-state index contributed by atoms with van der Waals surface area (Å²) in [5.41, 5.74) is 0.419. The van der Waals surface area contributed by atoms with Crippen LogP contribution in [-0.4, -0.2) is 45.8 Å². The van der Waals surface area contributed by atoms with E-state index in [0.717, 1.165) is 0 Å². The van der Waals surface area contributed by atoms with Crippen LogP contribution in [0.15, 0.2) is 34.2 Å². The van der Waals surface area contributed by atoms with Gasteiger partial charge >= 0.3 is 5.97 Å². The number of sulfonamides is 1. The lowest BCUT2D eigenvalue weighted by Crippen LogP contribution is -2.43. The van der Waals surface area contributed by atoms with Crippen molar-refractivity contribution in [2.24, 2.45) is 10.9 Å². The quantitative estimate of drug-likeness (QED) is 0.708. The van der Waals surface area contributed by atoms with Crippen molar-refractivity contribution in [3.63, 3.8) is 0 Å². The molecule has 0 bridgehead atoms. The Kier molecular flexibility index (Phi) is 5.78. The van der Waals surface area contributed by atoms with Crippen LogP contribution in [0, 0.1) is 5.92 Å². The lowest BCUT2D eigenvalue weighted by atomic mass is 10.0. The van der Waals surface area contributed by atoms with Crippen LogP contribution in [0.4, 0.5) is 0 Å². The van der Waals surface area contributed by atoms with Crippen molar-refractivity contribution in [1.82, 2.24) is 10.0 Å². The standard InChI is InChI=1S/C16H21N3O5S/c1-10(2)8-12(16(21)24-3)18-14(20)9-17-15-11-6-4-5-7-13(11)25(22,23)19-15/h4-7,10,12H,8-9H2,1-3H3,(H,17,19)(H,18,20). The molecule has 0 aliphatic carbocycles. The fraction of sp³-hybridized carbons (Fsp3) is 0.438. The van der Waals surface area contributed by atoms with Crippen molar-refractivity contribution >= 4 is 27.7 Å². The molecule has 1 unspecified atom stereocenters. The first-order chi connectivity index (χ1) is 11.7. The molecule has 136 valence electrons. The second-order valence-corrected chi connectivity index (χ2v) is 7.69. The van der Waals surface area contributed by atoms with E-state index in [9.17, 15) is 18.0 Å². The van der Waals surface area contributed by atoms with Crippen molar-refractivity contribution in [3.05, 3.63) is 29.8 Å². The number of hydrogen-bond acceptors (Lipinski definition) is 6. The van der Waals surface area contributed by atoms with Gasteiger partial charge in [0, 0.05) is 5.56 Å². The van der Waals surface area contributed by atoms with Gasteiger partial charge in [0.1, 0.15) is 18.4 Å². The molecule has 0 spiro atoms. The minimum atomic E-state index is -3.65. The monoisotopic (exact) mass is 367 g/mol. The Morgan fingerprint density at radius 2 is 1.96 bits per heavy atom. The summed E-state index contributed by atoms with van der Waals surface area (Å²) >= 11 is 0. The fourth-order valence-corrected chi connectivity index (χ4v) is 3.72. The molecule has 25 heavy (non-hydrogen) atoms. The van der Waals surface area contributed by atoms with Crippen LogP contribution < -0.4 is 10.0 Å². The van der Waals surface area contributed by atoms with E-state index in [0.29, 0.717) is 12.0 Å². The van der Waals surface area contributed by atoms with Crippen molar-refractivity contribution in [3.8, 4) is 0 Å². The van der Waals surface area contributed by atoms with E-state index in [-0.39, 0.29) is 23.2 Å². The SMILES string of the molecule is COC(=O)C(CC(C)C)NC(=O)CN=C1NS(=O)(=O)c2ccccc21.